The van der Waals surface area contributed by atoms with E-state index in [1.54, 1.807) is 18.4 Å². The summed E-state index contributed by atoms with van der Waals surface area (Å²) in [7, 11) is 1.68. The fourth-order valence-corrected chi connectivity index (χ4v) is 2.00. The third-order valence-corrected chi connectivity index (χ3v) is 3.09. The molecule has 0 aliphatic carbocycles. The van der Waals surface area contributed by atoms with E-state index in [-0.39, 0.29) is 12.6 Å². The van der Waals surface area contributed by atoms with Crippen molar-refractivity contribution in [1.82, 2.24) is 5.32 Å². The average molecular weight is 215 g/mol. The van der Waals surface area contributed by atoms with E-state index in [4.69, 9.17) is 9.84 Å². The summed E-state index contributed by atoms with van der Waals surface area (Å²) < 4.78 is 5.19. The Morgan fingerprint density at radius 2 is 2.43 bits per heavy atom. The predicted molar refractivity (Wildman–Crippen MR) is 58.9 cm³/mol. The van der Waals surface area contributed by atoms with Crippen molar-refractivity contribution in [3.8, 4) is 5.75 Å². The third-order valence-electron chi connectivity index (χ3n) is 2.19. The molecule has 0 spiro atoms. The Labute approximate surface area is 88.7 Å². The van der Waals surface area contributed by atoms with E-state index in [2.05, 4.69) is 12.2 Å². The van der Waals surface area contributed by atoms with Crippen LogP contribution in [0.5, 0.6) is 5.75 Å². The molecule has 1 aromatic rings. The minimum Gasteiger partial charge on any atom is -0.496 e. The smallest absolute Gasteiger partial charge is 0.134 e. The molecule has 3 nitrogen and oxygen atoms in total. The summed E-state index contributed by atoms with van der Waals surface area (Å²) >= 11 is 1.67. The van der Waals surface area contributed by atoms with Crippen molar-refractivity contribution in [2.75, 3.05) is 13.7 Å². The maximum absolute atomic E-state index is 8.99. The van der Waals surface area contributed by atoms with E-state index < -0.39 is 0 Å². The van der Waals surface area contributed by atoms with E-state index in [9.17, 15) is 0 Å². The molecular weight excluding hydrogens is 198 g/mol. The molecule has 1 unspecified atom stereocenters. The van der Waals surface area contributed by atoms with Gasteiger partial charge < -0.3 is 15.2 Å². The molecule has 14 heavy (non-hydrogen) atoms. The zero-order valence-electron chi connectivity index (χ0n) is 8.62. The van der Waals surface area contributed by atoms with Crippen LogP contribution in [0.1, 0.15) is 18.2 Å². The van der Waals surface area contributed by atoms with Crippen molar-refractivity contribution in [3.63, 3.8) is 0 Å². The number of aliphatic hydroxyl groups is 1. The number of nitrogens with one attached hydrogen (secondary N) is 1. The highest BCUT2D eigenvalue weighted by Gasteiger charge is 2.07. The number of hydrogen-bond donors (Lipinski definition) is 2. The van der Waals surface area contributed by atoms with E-state index in [1.165, 1.54) is 4.88 Å². The number of methoxy groups -OCH3 is 1. The predicted octanol–water partition coefficient (Wildman–Crippen LogP) is 1.62. The fraction of sp³-hybridized carbons (Fsp3) is 0.600. The molecule has 1 atom stereocenters. The van der Waals surface area contributed by atoms with Crippen molar-refractivity contribution >= 4 is 11.3 Å². The van der Waals surface area contributed by atoms with Gasteiger partial charge in [-0.25, -0.2) is 0 Å². The van der Waals surface area contributed by atoms with Crippen LogP contribution in [-0.2, 0) is 6.54 Å². The van der Waals surface area contributed by atoms with Crippen molar-refractivity contribution < 1.29 is 9.84 Å². The maximum Gasteiger partial charge on any atom is 0.134 e. The Hall–Kier alpha value is -0.580. The van der Waals surface area contributed by atoms with Gasteiger partial charge in [-0.1, -0.05) is 6.92 Å². The molecule has 0 amide bonds. The van der Waals surface area contributed by atoms with Crippen LogP contribution in [0.3, 0.4) is 0 Å². The van der Waals surface area contributed by atoms with Gasteiger partial charge in [-0.15, -0.1) is 11.3 Å². The zero-order valence-corrected chi connectivity index (χ0v) is 9.43. The molecule has 1 rings (SSSR count). The van der Waals surface area contributed by atoms with Crippen LogP contribution in [0.25, 0.3) is 0 Å². The van der Waals surface area contributed by atoms with Crippen LogP contribution in [-0.4, -0.2) is 24.9 Å². The van der Waals surface area contributed by atoms with E-state index in [1.807, 2.05) is 11.4 Å². The van der Waals surface area contributed by atoms with Gasteiger partial charge in [0.25, 0.3) is 0 Å². The first-order valence-corrected chi connectivity index (χ1v) is 5.64. The molecule has 0 bridgehead atoms. The SMILES string of the molecule is CCC(CO)NCc1sccc1OC. The Balaban J connectivity index is 2.44. The first-order chi connectivity index (χ1) is 6.81. The largest absolute Gasteiger partial charge is 0.496 e. The van der Waals surface area contributed by atoms with Crippen LogP contribution in [0.15, 0.2) is 11.4 Å². The summed E-state index contributed by atoms with van der Waals surface area (Å²) in [6.45, 7) is 3.00. The first kappa shape index (κ1) is 11.5. The fourth-order valence-electron chi connectivity index (χ4n) is 1.21. The third kappa shape index (κ3) is 2.97. The number of hydrogen-bond acceptors (Lipinski definition) is 4. The van der Waals surface area contributed by atoms with Crippen LogP contribution in [0.4, 0.5) is 0 Å². The molecule has 0 fully saturated rings. The molecule has 0 aliphatic heterocycles. The van der Waals surface area contributed by atoms with Crippen LogP contribution in [0, 0.1) is 0 Å². The Morgan fingerprint density at radius 1 is 1.64 bits per heavy atom. The van der Waals surface area contributed by atoms with Crippen LogP contribution >= 0.6 is 11.3 Å². The molecule has 4 heteroatoms. The molecule has 0 radical (unpaired) electrons. The van der Waals surface area contributed by atoms with Crippen LogP contribution < -0.4 is 10.1 Å². The second-order valence-corrected chi connectivity index (χ2v) is 4.08. The van der Waals surface area contributed by atoms with E-state index >= 15 is 0 Å². The number of aliphatic hydroxyl groups excluding tert-OH is 1. The maximum atomic E-state index is 8.99. The highest BCUT2D eigenvalue weighted by atomic mass is 32.1. The lowest BCUT2D eigenvalue weighted by Gasteiger charge is -2.13. The van der Waals surface area contributed by atoms with Gasteiger partial charge >= 0.3 is 0 Å². The molecule has 0 saturated heterocycles. The van der Waals surface area contributed by atoms with Gasteiger partial charge in [0.1, 0.15) is 5.75 Å². The van der Waals surface area contributed by atoms with E-state index in [0.717, 1.165) is 18.7 Å². The average Bonchev–Trinajstić information content (AvgIpc) is 2.67. The van der Waals surface area contributed by atoms with Gasteiger partial charge in [0.2, 0.25) is 0 Å². The van der Waals surface area contributed by atoms with E-state index in [0.29, 0.717) is 0 Å². The van der Waals surface area contributed by atoms with Gasteiger partial charge in [0, 0.05) is 12.6 Å². The normalized spacial score (nSPS) is 12.8. The van der Waals surface area contributed by atoms with Gasteiger partial charge in [-0.05, 0) is 17.9 Å². The van der Waals surface area contributed by atoms with Crippen molar-refractivity contribution in [3.05, 3.63) is 16.3 Å². The Morgan fingerprint density at radius 3 is 3.00 bits per heavy atom. The molecule has 80 valence electrons. The monoisotopic (exact) mass is 215 g/mol. The molecule has 1 heterocycles. The minimum absolute atomic E-state index is 0.182. The second kappa shape index (κ2) is 6.01. The molecule has 2 N–H and O–H groups in total. The lowest BCUT2D eigenvalue weighted by Crippen LogP contribution is -2.30. The molecule has 0 saturated carbocycles. The number of rotatable bonds is 6. The highest BCUT2D eigenvalue weighted by molar-refractivity contribution is 7.10. The summed E-state index contributed by atoms with van der Waals surface area (Å²) in [6.07, 6.45) is 0.935. The summed E-state index contributed by atoms with van der Waals surface area (Å²) in [4.78, 5) is 1.18. The second-order valence-electron chi connectivity index (χ2n) is 3.08. The van der Waals surface area contributed by atoms with Crippen molar-refractivity contribution in [1.29, 1.82) is 0 Å². The lowest BCUT2D eigenvalue weighted by atomic mass is 10.2. The first-order valence-electron chi connectivity index (χ1n) is 4.76. The van der Waals surface area contributed by atoms with Crippen molar-refractivity contribution in [2.24, 2.45) is 0 Å². The molecular formula is C10H17NO2S. The summed E-state index contributed by atoms with van der Waals surface area (Å²) in [5.41, 5.74) is 0. The lowest BCUT2D eigenvalue weighted by molar-refractivity contribution is 0.238. The topological polar surface area (TPSA) is 41.5 Å². The number of ether oxygens (including phenoxy) is 1. The minimum atomic E-state index is 0.182. The van der Waals surface area contributed by atoms with Gasteiger partial charge in [-0.2, -0.15) is 0 Å². The zero-order chi connectivity index (χ0) is 10.4. The summed E-state index contributed by atoms with van der Waals surface area (Å²) in [5.74, 6) is 0.926. The molecule has 0 aromatic carbocycles. The highest BCUT2D eigenvalue weighted by Crippen LogP contribution is 2.24. The van der Waals surface area contributed by atoms with Gasteiger partial charge in [0.05, 0.1) is 18.6 Å². The van der Waals surface area contributed by atoms with Crippen molar-refractivity contribution in [2.45, 2.75) is 25.9 Å². The van der Waals surface area contributed by atoms with Gasteiger partial charge in [-0.3, -0.25) is 0 Å². The van der Waals surface area contributed by atoms with Gasteiger partial charge in [0.15, 0.2) is 0 Å². The Bertz CT molecular complexity index is 258. The summed E-state index contributed by atoms with van der Waals surface area (Å²) in [5, 5.41) is 14.3. The quantitative estimate of drug-likeness (QED) is 0.757. The number of thiophene rings is 1. The Kier molecular flexibility index (Phi) is 4.93. The standard InChI is InChI=1S/C10H17NO2S/c1-3-8(7-12)11-6-10-9(13-2)4-5-14-10/h4-5,8,11-12H,3,6-7H2,1-2H3. The summed E-state index contributed by atoms with van der Waals surface area (Å²) in [6, 6.07) is 2.14. The molecule has 0 aliphatic rings. The van der Waals surface area contributed by atoms with Crippen LogP contribution in [0.2, 0.25) is 0 Å². The molecule has 1 aromatic heterocycles.